The number of carbonyl (C=O) groups is 1. The largest absolute Gasteiger partial charge is 0.438 e. The lowest BCUT2D eigenvalue weighted by Gasteiger charge is -2.33. The number of ether oxygens (including phenoxy) is 1. The van der Waals surface area contributed by atoms with Crippen LogP contribution in [0.25, 0.3) is 0 Å². The van der Waals surface area contributed by atoms with E-state index >= 15 is 0 Å². The maximum Gasteiger partial charge on any atom is 0.438 e. The van der Waals surface area contributed by atoms with Gasteiger partial charge in [0.25, 0.3) is 0 Å². The Morgan fingerprint density at radius 3 is 3.05 bits per heavy atom. The lowest BCUT2D eigenvalue weighted by molar-refractivity contribution is -0.131. The van der Waals surface area contributed by atoms with Gasteiger partial charge < -0.3 is 9.64 Å². The molecule has 2 fully saturated rings. The van der Waals surface area contributed by atoms with Crippen molar-refractivity contribution in [2.75, 3.05) is 26.3 Å². The predicted octanol–water partition coefficient (Wildman–Crippen LogP) is 0.715. The van der Waals surface area contributed by atoms with Gasteiger partial charge in [-0.3, -0.25) is 14.3 Å². The second-order valence-corrected chi connectivity index (χ2v) is 6.12. The van der Waals surface area contributed by atoms with Crippen molar-refractivity contribution in [3.05, 3.63) is 16.4 Å². The highest BCUT2D eigenvalue weighted by Crippen LogP contribution is 2.38. The van der Waals surface area contributed by atoms with Crippen molar-refractivity contribution in [3.63, 3.8) is 0 Å². The first-order valence-electron chi connectivity index (χ1n) is 7.57. The van der Waals surface area contributed by atoms with Crippen LogP contribution < -0.4 is 5.76 Å². The summed E-state index contributed by atoms with van der Waals surface area (Å²) in [6, 6.07) is 0. The van der Waals surface area contributed by atoms with E-state index in [0.717, 1.165) is 45.6 Å². The maximum absolute atomic E-state index is 12.2. The average molecular weight is 295 g/mol. The fraction of sp³-hybridized carbons (Fsp3) is 0.786. The molecule has 1 atom stereocenters. The maximum atomic E-state index is 12.2. The topological polar surface area (TPSA) is 88.4 Å². The SMILES string of the molecule is O=C(CCCc1noc(=O)[nH]1)N1CCC2(CCCOC2)C1. The Morgan fingerprint density at radius 2 is 2.33 bits per heavy atom. The Labute approximate surface area is 122 Å². The Kier molecular flexibility index (Phi) is 4.10. The van der Waals surface area contributed by atoms with Crippen LogP contribution in [0.5, 0.6) is 0 Å². The third-order valence-electron chi connectivity index (χ3n) is 4.48. The van der Waals surface area contributed by atoms with E-state index in [4.69, 9.17) is 4.74 Å². The average Bonchev–Trinajstić information content (AvgIpc) is 3.07. The molecule has 1 N–H and O–H groups in total. The van der Waals surface area contributed by atoms with Gasteiger partial charge in [0.2, 0.25) is 5.91 Å². The number of nitrogens with zero attached hydrogens (tertiary/aromatic N) is 2. The summed E-state index contributed by atoms with van der Waals surface area (Å²) < 4.78 is 10.0. The number of H-pyrrole nitrogens is 1. The normalized spacial score (nSPS) is 25.6. The molecule has 21 heavy (non-hydrogen) atoms. The van der Waals surface area contributed by atoms with Gasteiger partial charge in [0, 0.05) is 38.0 Å². The molecular formula is C14H21N3O4. The summed E-state index contributed by atoms with van der Waals surface area (Å²) in [6.45, 7) is 3.30. The van der Waals surface area contributed by atoms with Gasteiger partial charge in [-0.2, -0.15) is 0 Å². The molecule has 1 amide bonds. The quantitative estimate of drug-likeness (QED) is 0.884. The minimum Gasteiger partial charge on any atom is -0.381 e. The van der Waals surface area contributed by atoms with Gasteiger partial charge in [0.1, 0.15) is 0 Å². The van der Waals surface area contributed by atoms with Crippen LogP contribution in [0.2, 0.25) is 0 Å². The first-order chi connectivity index (χ1) is 10.2. The second-order valence-electron chi connectivity index (χ2n) is 6.12. The van der Waals surface area contributed by atoms with Gasteiger partial charge in [0.05, 0.1) is 6.61 Å². The molecule has 7 nitrogen and oxygen atoms in total. The number of aryl methyl sites for hydroxylation is 1. The number of amides is 1. The molecule has 2 aliphatic rings. The summed E-state index contributed by atoms with van der Waals surface area (Å²) in [7, 11) is 0. The second kappa shape index (κ2) is 6.01. The zero-order chi connectivity index (χ0) is 14.7. The molecule has 0 aliphatic carbocycles. The predicted molar refractivity (Wildman–Crippen MR) is 73.7 cm³/mol. The van der Waals surface area contributed by atoms with E-state index in [-0.39, 0.29) is 11.3 Å². The van der Waals surface area contributed by atoms with E-state index < -0.39 is 5.76 Å². The van der Waals surface area contributed by atoms with Gasteiger partial charge in [-0.05, 0) is 25.7 Å². The molecular weight excluding hydrogens is 274 g/mol. The molecule has 1 unspecified atom stereocenters. The summed E-state index contributed by atoms with van der Waals surface area (Å²) in [5.41, 5.74) is 0.200. The van der Waals surface area contributed by atoms with Crippen LogP contribution in [0, 0.1) is 5.41 Å². The first kappa shape index (κ1) is 14.3. The van der Waals surface area contributed by atoms with Crippen LogP contribution in [0.3, 0.4) is 0 Å². The van der Waals surface area contributed by atoms with Crippen LogP contribution in [-0.4, -0.2) is 47.3 Å². The van der Waals surface area contributed by atoms with Crippen molar-refractivity contribution in [2.45, 2.75) is 38.5 Å². The molecule has 0 aromatic carbocycles. The molecule has 1 aromatic rings. The molecule has 1 aromatic heterocycles. The van der Waals surface area contributed by atoms with Crippen LogP contribution in [0.1, 0.15) is 37.9 Å². The van der Waals surface area contributed by atoms with E-state index in [0.29, 0.717) is 25.1 Å². The minimum absolute atomic E-state index is 0.184. The molecule has 2 saturated heterocycles. The van der Waals surface area contributed by atoms with Crippen molar-refractivity contribution in [1.29, 1.82) is 0 Å². The van der Waals surface area contributed by atoms with Crippen LogP contribution in [0.4, 0.5) is 0 Å². The molecule has 3 rings (SSSR count). The summed E-state index contributed by atoms with van der Waals surface area (Å²) in [6.07, 6.45) is 5.01. The van der Waals surface area contributed by atoms with E-state index in [2.05, 4.69) is 14.7 Å². The molecule has 2 aliphatic heterocycles. The molecule has 0 saturated carbocycles. The van der Waals surface area contributed by atoms with Gasteiger partial charge in [0.15, 0.2) is 5.82 Å². The molecule has 0 bridgehead atoms. The highest BCUT2D eigenvalue weighted by atomic mass is 16.5. The standard InChI is InChI=1S/C14H21N3O4/c18-12(4-1-3-11-15-13(19)21-16-11)17-7-6-14(9-17)5-2-8-20-10-14/h1-10H2,(H,15,16,19). The zero-order valence-electron chi connectivity index (χ0n) is 12.1. The molecule has 7 heteroatoms. The Morgan fingerprint density at radius 1 is 1.43 bits per heavy atom. The third kappa shape index (κ3) is 3.34. The van der Waals surface area contributed by atoms with Crippen molar-refractivity contribution < 1.29 is 14.1 Å². The van der Waals surface area contributed by atoms with Crippen LogP contribution in [0.15, 0.2) is 9.32 Å². The number of carbonyl (C=O) groups excluding carboxylic acids is 1. The monoisotopic (exact) mass is 295 g/mol. The van der Waals surface area contributed by atoms with E-state index in [1.165, 1.54) is 0 Å². The number of aromatic nitrogens is 2. The summed E-state index contributed by atoms with van der Waals surface area (Å²) in [5, 5.41) is 3.59. The number of nitrogens with one attached hydrogen (secondary N) is 1. The zero-order valence-corrected chi connectivity index (χ0v) is 12.1. The third-order valence-corrected chi connectivity index (χ3v) is 4.48. The van der Waals surface area contributed by atoms with Gasteiger partial charge in [-0.1, -0.05) is 5.16 Å². The molecule has 0 radical (unpaired) electrons. The minimum atomic E-state index is -0.546. The Hall–Kier alpha value is -1.63. The Bertz CT molecular complexity index is 544. The van der Waals surface area contributed by atoms with Gasteiger partial charge in [-0.25, -0.2) is 4.79 Å². The molecule has 116 valence electrons. The van der Waals surface area contributed by atoms with E-state index in [1.54, 1.807) is 0 Å². The first-order valence-corrected chi connectivity index (χ1v) is 7.57. The number of likely N-dealkylation sites (tertiary alicyclic amines) is 1. The van der Waals surface area contributed by atoms with Crippen LogP contribution >= 0.6 is 0 Å². The van der Waals surface area contributed by atoms with E-state index in [1.807, 2.05) is 4.90 Å². The number of aromatic amines is 1. The van der Waals surface area contributed by atoms with Gasteiger partial charge in [-0.15, -0.1) is 0 Å². The lowest BCUT2D eigenvalue weighted by atomic mass is 9.82. The highest BCUT2D eigenvalue weighted by Gasteiger charge is 2.40. The number of hydrogen-bond acceptors (Lipinski definition) is 5. The summed E-state index contributed by atoms with van der Waals surface area (Å²) >= 11 is 0. The highest BCUT2D eigenvalue weighted by molar-refractivity contribution is 5.76. The Balaban J connectivity index is 1.44. The van der Waals surface area contributed by atoms with Gasteiger partial charge >= 0.3 is 5.76 Å². The van der Waals surface area contributed by atoms with Crippen molar-refractivity contribution >= 4 is 5.91 Å². The number of hydrogen-bond donors (Lipinski definition) is 1. The molecule has 3 heterocycles. The lowest BCUT2D eigenvalue weighted by Crippen LogP contribution is -2.37. The summed E-state index contributed by atoms with van der Waals surface area (Å²) in [5.74, 6) is 0.143. The smallest absolute Gasteiger partial charge is 0.381 e. The van der Waals surface area contributed by atoms with Crippen molar-refractivity contribution in [3.8, 4) is 0 Å². The summed E-state index contributed by atoms with van der Waals surface area (Å²) in [4.78, 5) is 27.5. The van der Waals surface area contributed by atoms with E-state index in [9.17, 15) is 9.59 Å². The fourth-order valence-corrected chi connectivity index (χ4v) is 3.31. The van der Waals surface area contributed by atoms with Crippen molar-refractivity contribution in [1.82, 2.24) is 15.0 Å². The number of rotatable bonds is 4. The van der Waals surface area contributed by atoms with Crippen LogP contribution in [-0.2, 0) is 16.0 Å². The molecule has 1 spiro atoms. The van der Waals surface area contributed by atoms with Crippen molar-refractivity contribution in [2.24, 2.45) is 5.41 Å². The fourth-order valence-electron chi connectivity index (χ4n) is 3.31.